The van der Waals surface area contributed by atoms with Crippen molar-refractivity contribution in [2.75, 3.05) is 13.7 Å². The molecule has 7 atom stereocenters. The molecule has 7 unspecified atom stereocenters. The van der Waals surface area contributed by atoms with Crippen molar-refractivity contribution in [2.24, 2.45) is 17.8 Å². The van der Waals surface area contributed by atoms with E-state index in [-0.39, 0.29) is 31.2 Å². The molecule has 18 heteroatoms. The zero-order valence-corrected chi connectivity index (χ0v) is 32.7. The van der Waals surface area contributed by atoms with Crippen LogP contribution in [0.4, 0.5) is 18.0 Å². The number of ether oxygens (including phenoxy) is 3. The van der Waals surface area contributed by atoms with E-state index in [1.807, 2.05) is 25.1 Å². The number of alkyl carbamates (subject to hydrolysis) is 1. The molecule has 3 N–H and O–H groups in total. The number of nitrogens with zero attached hydrogens (tertiary/aromatic N) is 2. The molecule has 1 aromatic carbocycles. The van der Waals surface area contributed by atoms with Gasteiger partial charge >= 0.3 is 12.3 Å². The van der Waals surface area contributed by atoms with Crippen LogP contribution in [-0.2, 0) is 29.1 Å². The molecule has 14 nitrogen and oxygen atoms in total. The topological polar surface area (TPSA) is 182 Å². The van der Waals surface area contributed by atoms with Crippen molar-refractivity contribution in [3.63, 3.8) is 0 Å². The second-order valence-electron chi connectivity index (χ2n) is 15.9. The molecule has 56 heavy (non-hydrogen) atoms. The van der Waals surface area contributed by atoms with Crippen LogP contribution in [0.25, 0.3) is 10.8 Å². The molecular formula is C38H48F3N5O9S. The van der Waals surface area contributed by atoms with E-state index in [0.717, 1.165) is 0 Å². The summed E-state index contributed by atoms with van der Waals surface area (Å²) in [6.07, 6.45) is 0.291. The van der Waals surface area contributed by atoms with Gasteiger partial charge in [-0.25, -0.2) is 18.2 Å². The molecule has 4 amide bonds. The van der Waals surface area contributed by atoms with Gasteiger partial charge in [-0.2, -0.15) is 13.2 Å². The van der Waals surface area contributed by atoms with Gasteiger partial charge in [0.1, 0.15) is 29.5 Å². The number of methoxy groups -OCH3 is 1. The molecule has 6 rings (SSSR count). The first-order valence-electron chi connectivity index (χ1n) is 18.8. The molecular weight excluding hydrogens is 760 g/mol. The van der Waals surface area contributed by atoms with Crippen molar-refractivity contribution < 1.29 is 55.0 Å². The Balaban J connectivity index is 1.35. The molecule has 306 valence electrons. The fourth-order valence-corrected chi connectivity index (χ4v) is 8.68. The van der Waals surface area contributed by atoms with Gasteiger partial charge in [-0.05, 0) is 63.9 Å². The SMILES string of the molecule is COc1cnc(OC2CC3C(=O)NC4(C(=O)NS(=O)(=O)C5CC5)CC4C=CC(C)CCCC(C)C(NC(=O)OC(C)(C)C(F)(F)F)C(=O)N3C2)c2ccccc12. The second-order valence-corrected chi connectivity index (χ2v) is 17.9. The number of alkyl halides is 3. The molecule has 2 aliphatic heterocycles. The fourth-order valence-electron chi connectivity index (χ4n) is 7.32. The van der Waals surface area contributed by atoms with Crippen molar-refractivity contribution in [3.8, 4) is 11.6 Å². The summed E-state index contributed by atoms with van der Waals surface area (Å²) in [5.41, 5.74) is -4.51. The number of carbonyl (C=O) groups excluding carboxylic acids is 4. The Kier molecular flexibility index (Phi) is 11.3. The Morgan fingerprint density at radius 3 is 2.39 bits per heavy atom. The molecule has 4 aliphatic rings. The lowest BCUT2D eigenvalue weighted by atomic mass is 9.92. The predicted molar refractivity (Wildman–Crippen MR) is 197 cm³/mol. The molecule has 0 spiro atoms. The highest BCUT2D eigenvalue weighted by Crippen LogP contribution is 2.46. The summed E-state index contributed by atoms with van der Waals surface area (Å²) in [6.45, 7) is 4.79. The number of carbonyl (C=O) groups is 4. The Morgan fingerprint density at radius 2 is 1.73 bits per heavy atom. The lowest BCUT2D eigenvalue weighted by Gasteiger charge is -2.33. The van der Waals surface area contributed by atoms with E-state index in [1.165, 1.54) is 18.2 Å². The minimum Gasteiger partial charge on any atom is -0.494 e. The van der Waals surface area contributed by atoms with Crippen molar-refractivity contribution in [1.29, 1.82) is 0 Å². The molecule has 0 radical (unpaired) electrons. The van der Waals surface area contributed by atoms with Crippen LogP contribution in [0.2, 0.25) is 0 Å². The summed E-state index contributed by atoms with van der Waals surface area (Å²) in [6, 6.07) is 4.42. The zero-order chi connectivity index (χ0) is 40.8. The van der Waals surface area contributed by atoms with Crippen LogP contribution < -0.4 is 24.8 Å². The number of pyridine rings is 1. The number of rotatable bonds is 8. The Hall–Kier alpha value is -4.61. The number of benzene rings is 1. The highest BCUT2D eigenvalue weighted by atomic mass is 32.2. The zero-order valence-electron chi connectivity index (χ0n) is 31.9. The first kappa shape index (κ1) is 41.0. The third-order valence-electron chi connectivity index (χ3n) is 11.2. The average molecular weight is 808 g/mol. The minimum absolute atomic E-state index is 0.0251. The first-order chi connectivity index (χ1) is 26.3. The minimum atomic E-state index is -4.91. The smallest absolute Gasteiger partial charge is 0.427 e. The van der Waals surface area contributed by atoms with Gasteiger partial charge in [0.25, 0.3) is 5.91 Å². The second kappa shape index (κ2) is 15.4. The third-order valence-corrected chi connectivity index (χ3v) is 13.0. The standard InChI is InChI=1S/C38H48F3N5O9S/c1-21-9-8-10-22(2)30(43-35(50)55-36(3,4)38(39,40)41)33(48)46-20-24(54-32-27-12-7-6-11-26(27)29(53-5)19-42-32)17-28(46)31(47)44-37(18-23(37)14-13-21)34(49)45-56(51,52)25-15-16-25/h6-7,11-14,19,21-25,28,30H,8-10,15-18,20H2,1-5H3,(H,43,50)(H,44,47)(H,45,49). The summed E-state index contributed by atoms with van der Waals surface area (Å²) in [4.78, 5) is 61.5. The van der Waals surface area contributed by atoms with E-state index < -0.39 is 86.4 Å². The van der Waals surface area contributed by atoms with Crippen molar-refractivity contribution in [1.82, 2.24) is 25.2 Å². The molecule has 2 aliphatic carbocycles. The van der Waals surface area contributed by atoms with E-state index in [1.54, 1.807) is 25.1 Å². The van der Waals surface area contributed by atoms with E-state index in [4.69, 9.17) is 14.2 Å². The van der Waals surface area contributed by atoms with Crippen LogP contribution in [-0.4, -0.2) is 96.5 Å². The number of halogens is 3. The lowest BCUT2D eigenvalue weighted by molar-refractivity contribution is -0.244. The van der Waals surface area contributed by atoms with Gasteiger partial charge < -0.3 is 29.7 Å². The summed E-state index contributed by atoms with van der Waals surface area (Å²) in [7, 11) is -2.48. The van der Waals surface area contributed by atoms with Gasteiger partial charge in [0.2, 0.25) is 33.3 Å². The van der Waals surface area contributed by atoms with Gasteiger partial charge in [-0.3, -0.25) is 19.1 Å². The van der Waals surface area contributed by atoms with Crippen LogP contribution in [0.15, 0.2) is 42.6 Å². The number of hydrogen-bond acceptors (Lipinski definition) is 10. The normalized spacial score (nSPS) is 28.9. The Bertz CT molecular complexity index is 2010. The van der Waals surface area contributed by atoms with Gasteiger partial charge in [0.05, 0.1) is 25.1 Å². The van der Waals surface area contributed by atoms with E-state index in [0.29, 0.717) is 62.5 Å². The Labute approximate surface area is 323 Å². The number of aromatic nitrogens is 1. The molecule has 1 aromatic heterocycles. The van der Waals surface area contributed by atoms with E-state index in [9.17, 15) is 40.8 Å². The summed E-state index contributed by atoms with van der Waals surface area (Å²) < 4.78 is 85.5. The number of amides is 4. The van der Waals surface area contributed by atoms with Crippen LogP contribution in [0, 0.1) is 17.8 Å². The number of allylic oxidation sites excluding steroid dienone is 1. The maximum absolute atomic E-state index is 14.6. The summed E-state index contributed by atoms with van der Waals surface area (Å²) in [5.74, 6) is -2.96. The van der Waals surface area contributed by atoms with Crippen LogP contribution in [0.1, 0.15) is 72.6 Å². The lowest BCUT2D eigenvalue weighted by Crippen LogP contribution is -2.59. The highest BCUT2D eigenvalue weighted by Gasteiger charge is 2.62. The Morgan fingerprint density at radius 1 is 1.04 bits per heavy atom. The quantitative estimate of drug-likeness (QED) is 0.321. The highest BCUT2D eigenvalue weighted by molar-refractivity contribution is 7.91. The molecule has 2 aromatic rings. The average Bonchev–Trinajstić information content (AvgIpc) is 4.05. The number of nitrogens with one attached hydrogen (secondary N) is 3. The van der Waals surface area contributed by atoms with Crippen LogP contribution in [0.3, 0.4) is 0 Å². The maximum atomic E-state index is 14.6. The molecule has 2 saturated carbocycles. The van der Waals surface area contributed by atoms with E-state index >= 15 is 0 Å². The molecule has 0 bridgehead atoms. The van der Waals surface area contributed by atoms with Crippen LogP contribution in [0.5, 0.6) is 11.6 Å². The third kappa shape index (κ3) is 8.54. The van der Waals surface area contributed by atoms with Gasteiger partial charge in [0.15, 0.2) is 0 Å². The first-order valence-corrected chi connectivity index (χ1v) is 20.3. The van der Waals surface area contributed by atoms with Gasteiger partial charge in [0, 0.05) is 23.1 Å². The van der Waals surface area contributed by atoms with E-state index in [2.05, 4.69) is 20.3 Å². The number of hydrogen-bond donors (Lipinski definition) is 3. The predicted octanol–water partition coefficient (Wildman–Crippen LogP) is 4.52. The molecule has 1 saturated heterocycles. The summed E-state index contributed by atoms with van der Waals surface area (Å²) in [5, 5.41) is 5.73. The van der Waals surface area contributed by atoms with Crippen LogP contribution >= 0.6 is 0 Å². The fraction of sp³-hybridized carbons (Fsp3) is 0.605. The van der Waals surface area contributed by atoms with Gasteiger partial charge in [-0.15, -0.1) is 0 Å². The molecule has 3 heterocycles. The monoisotopic (exact) mass is 807 g/mol. The summed E-state index contributed by atoms with van der Waals surface area (Å²) >= 11 is 0. The number of fused-ring (bicyclic) bond motifs is 3. The maximum Gasteiger partial charge on any atom is 0.427 e. The van der Waals surface area contributed by atoms with Crippen molar-refractivity contribution in [3.05, 3.63) is 42.6 Å². The molecule has 3 fully saturated rings. The number of sulfonamides is 1. The largest absolute Gasteiger partial charge is 0.494 e. The van der Waals surface area contributed by atoms with Crippen molar-refractivity contribution >= 4 is 44.6 Å². The van der Waals surface area contributed by atoms with Crippen molar-refractivity contribution in [2.45, 2.75) is 113 Å². The van der Waals surface area contributed by atoms with Gasteiger partial charge in [-0.1, -0.05) is 50.6 Å².